The first-order valence-corrected chi connectivity index (χ1v) is 30.1. The molecule has 5 aliphatic carbocycles. The van der Waals surface area contributed by atoms with Gasteiger partial charge in [-0.2, -0.15) is 0 Å². The molecule has 482 valence electrons. The molecule has 26 nitrogen and oxygen atoms in total. The average Bonchev–Trinajstić information content (AvgIpc) is 0.682. The van der Waals surface area contributed by atoms with Gasteiger partial charge in [0.15, 0.2) is 31.3 Å². The van der Waals surface area contributed by atoms with Crippen molar-refractivity contribution in [1.29, 1.82) is 0 Å². The van der Waals surface area contributed by atoms with Crippen LogP contribution in [0.25, 0.3) is 0 Å². The Bertz CT molecular complexity index is 2350. The molecule has 0 amide bonds. The van der Waals surface area contributed by atoms with E-state index in [0.717, 1.165) is 12.0 Å². The summed E-state index contributed by atoms with van der Waals surface area (Å²) < 4.78 is 59.3. The van der Waals surface area contributed by atoms with Gasteiger partial charge in [-0.1, -0.05) is 53.2 Å². The summed E-state index contributed by atoms with van der Waals surface area (Å²) in [5, 5.41) is 164. The van der Waals surface area contributed by atoms with Crippen LogP contribution in [0.1, 0.15) is 113 Å². The van der Waals surface area contributed by atoms with Gasteiger partial charge in [-0.15, -0.1) is 0 Å². The standard InChI is InChI=1S/C58H94O26/c1-23-33(64)36(67)39(70)48(77-23)81-44-29(63)21-75-47(42(44)73)80-43-24(2)78-49(41(72)38(43)69)82-45-34(65)28(62)20-76-51(45)84-52(74)58-15-13-53(3,4)17-26(58)25-9-10-32-54(5)18-27(61)46(83-50-40(71)37(68)35(66)30(19-59)79-50)55(6,22-60)31(54)11-12-57(32,8)56(25,7)14-16-58/h9,23-24,26-51,59-73H,10-22H2,1-8H3/t23-,24-,26-,27-,28-,29+,30+,31?,32+,33-,34-,35+,36+,37-,38-,39+,40+,41+,42+,43-,44-,45+,46-,47-,48-,49-,50-,51-,54-,55-,56+,57+,58-/m0/s1. The molecule has 1 unspecified atom stereocenters. The van der Waals surface area contributed by atoms with Gasteiger partial charge in [0.05, 0.1) is 56.3 Å². The van der Waals surface area contributed by atoms with Gasteiger partial charge in [-0.3, -0.25) is 4.79 Å². The maximum Gasteiger partial charge on any atom is 0.315 e. The number of carbonyl (C=O) groups excluding carboxylic acids is 1. The molecular weight excluding hydrogens is 1110 g/mol. The van der Waals surface area contributed by atoms with Crippen LogP contribution < -0.4 is 0 Å². The summed E-state index contributed by atoms with van der Waals surface area (Å²) in [5.74, 6) is -1.12. The molecule has 0 aromatic rings. The highest BCUT2D eigenvalue weighted by molar-refractivity contribution is 5.79. The molecule has 0 aromatic carbocycles. The van der Waals surface area contributed by atoms with Crippen molar-refractivity contribution in [3.05, 3.63) is 11.6 Å². The van der Waals surface area contributed by atoms with Crippen LogP contribution in [0.5, 0.6) is 0 Å². The lowest BCUT2D eigenvalue weighted by molar-refractivity contribution is -0.377. The quantitative estimate of drug-likeness (QED) is 0.0528. The van der Waals surface area contributed by atoms with Gasteiger partial charge in [-0.25, -0.2) is 0 Å². The third kappa shape index (κ3) is 10.7. The number of aliphatic hydroxyl groups excluding tert-OH is 15. The van der Waals surface area contributed by atoms with E-state index in [-0.39, 0.29) is 41.6 Å². The van der Waals surface area contributed by atoms with Crippen LogP contribution in [0, 0.1) is 50.2 Å². The van der Waals surface area contributed by atoms with E-state index >= 15 is 4.79 Å². The first-order valence-electron chi connectivity index (χ1n) is 30.1. The minimum absolute atomic E-state index is 0.0207. The Balaban J connectivity index is 0.843. The van der Waals surface area contributed by atoms with Crippen molar-refractivity contribution in [2.24, 2.45) is 50.2 Å². The topological polar surface area (TPSA) is 413 Å². The van der Waals surface area contributed by atoms with Gasteiger partial charge in [0.2, 0.25) is 6.29 Å². The molecule has 5 aliphatic heterocycles. The number of esters is 1. The smallest absolute Gasteiger partial charge is 0.315 e. The number of hydrogen-bond acceptors (Lipinski definition) is 26. The van der Waals surface area contributed by atoms with Crippen molar-refractivity contribution in [3.8, 4) is 0 Å². The first kappa shape index (κ1) is 65.2. The molecule has 0 radical (unpaired) electrons. The molecular formula is C58H94O26. The highest BCUT2D eigenvalue weighted by atomic mass is 16.8. The zero-order valence-electron chi connectivity index (χ0n) is 49.1. The second-order valence-electron chi connectivity index (χ2n) is 28.2. The Morgan fingerprint density at radius 2 is 1.13 bits per heavy atom. The van der Waals surface area contributed by atoms with Gasteiger partial charge in [0, 0.05) is 5.41 Å². The molecule has 33 atom stereocenters. The summed E-state index contributed by atoms with van der Waals surface area (Å²) in [5.41, 5.74) is -2.60. The van der Waals surface area contributed by atoms with E-state index in [1.165, 1.54) is 13.8 Å². The largest absolute Gasteiger partial charge is 0.432 e. The lowest BCUT2D eigenvalue weighted by Gasteiger charge is -2.72. The third-order valence-electron chi connectivity index (χ3n) is 22.8. The van der Waals surface area contributed by atoms with Crippen molar-refractivity contribution in [2.75, 3.05) is 26.4 Å². The maximum absolute atomic E-state index is 15.4. The van der Waals surface area contributed by atoms with Crippen LogP contribution in [0.3, 0.4) is 0 Å². The van der Waals surface area contributed by atoms with E-state index in [2.05, 4.69) is 40.7 Å². The van der Waals surface area contributed by atoms with Crippen molar-refractivity contribution in [1.82, 2.24) is 0 Å². The SMILES string of the molecule is C[C@@H]1O[C@@H](O[C@@H]2[C@@H](O)[C@H](O[C@@H]3[C@@H](O)[C@@H](O)[C@H](O[C@H]4[C@H](OC(=O)[C@]56CCC(C)(C)C[C@H]5C5=CC[C@@H]7[C@@]8(C)C[C@H](O)[C@H](O[C@@H]9O[C@H](CO)[C@@H](O)[C@H](O)[C@H]9O)[C@@](C)(CO)C8CC[C@@]7(C)[C@]5(C)CC6)OC[C@H](O)[C@@H]4O)O[C@H]3C)OC[C@H]2O)[C@H](O)[C@H](O)[C@H]1O. The van der Waals surface area contributed by atoms with E-state index in [1.54, 1.807) is 0 Å². The molecule has 10 rings (SSSR count). The minimum atomic E-state index is -1.94. The zero-order valence-corrected chi connectivity index (χ0v) is 49.1. The molecule has 26 heteroatoms. The van der Waals surface area contributed by atoms with Gasteiger partial charge in [-0.05, 0) is 111 Å². The highest BCUT2D eigenvalue weighted by Gasteiger charge is 2.72. The fourth-order valence-electron chi connectivity index (χ4n) is 17.5. The molecule has 0 spiro atoms. The van der Waals surface area contributed by atoms with E-state index < -0.39 is 201 Å². The molecule has 5 heterocycles. The monoisotopic (exact) mass is 1210 g/mol. The highest BCUT2D eigenvalue weighted by Crippen LogP contribution is 2.76. The molecule has 0 aromatic heterocycles. The predicted molar refractivity (Wildman–Crippen MR) is 283 cm³/mol. The molecule has 5 saturated heterocycles. The summed E-state index contributed by atoms with van der Waals surface area (Å²) in [6.07, 6.45) is -31.3. The number of aliphatic hydroxyl groups is 15. The Morgan fingerprint density at radius 3 is 1.80 bits per heavy atom. The van der Waals surface area contributed by atoms with Crippen LogP contribution >= 0.6 is 0 Å². The maximum atomic E-state index is 15.4. The number of hydrogen-bond donors (Lipinski definition) is 15. The van der Waals surface area contributed by atoms with E-state index in [9.17, 15) is 76.6 Å². The van der Waals surface area contributed by atoms with Crippen LogP contribution in [-0.4, -0.2) is 263 Å². The second kappa shape index (κ2) is 23.8. The number of carbonyl (C=O) groups is 1. The molecule has 84 heavy (non-hydrogen) atoms. The van der Waals surface area contributed by atoms with E-state index in [4.69, 9.17) is 47.4 Å². The molecule has 10 aliphatic rings. The third-order valence-corrected chi connectivity index (χ3v) is 22.8. The van der Waals surface area contributed by atoms with Crippen LogP contribution in [0.2, 0.25) is 0 Å². The first-order chi connectivity index (χ1) is 39.3. The number of allylic oxidation sites excluding steroid dienone is 2. The van der Waals surface area contributed by atoms with Gasteiger partial charge >= 0.3 is 5.97 Å². The van der Waals surface area contributed by atoms with Crippen molar-refractivity contribution in [3.63, 3.8) is 0 Å². The number of fused-ring (bicyclic) bond motifs is 7. The minimum Gasteiger partial charge on any atom is -0.432 e. The Labute approximate surface area is 488 Å². The Morgan fingerprint density at radius 1 is 0.548 bits per heavy atom. The summed E-state index contributed by atoms with van der Waals surface area (Å²) in [7, 11) is 0. The van der Waals surface area contributed by atoms with Gasteiger partial charge < -0.3 is 124 Å². The van der Waals surface area contributed by atoms with Gasteiger partial charge in [0.1, 0.15) is 91.6 Å². The Hall–Kier alpha value is -1.75. The van der Waals surface area contributed by atoms with Crippen molar-refractivity contribution in [2.45, 2.75) is 267 Å². The zero-order chi connectivity index (χ0) is 61.3. The number of ether oxygens (including phenoxy) is 10. The van der Waals surface area contributed by atoms with Gasteiger partial charge in [0.25, 0.3) is 0 Å². The van der Waals surface area contributed by atoms with Crippen molar-refractivity contribution >= 4 is 5.97 Å². The summed E-state index contributed by atoms with van der Waals surface area (Å²) in [6, 6.07) is 0. The summed E-state index contributed by atoms with van der Waals surface area (Å²) in [4.78, 5) is 15.4. The molecule has 0 bridgehead atoms. The van der Waals surface area contributed by atoms with E-state index in [1.807, 2.05) is 6.92 Å². The summed E-state index contributed by atoms with van der Waals surface area (Å²) in [6.45, 7) is 13.9. The number of rotatable bonds is 12. The van der Waals surface area contributed by atoms with Crippen LogP contribution in [0.15, 0.2) is 11.6 Å². The lowest BCUT2D eigenvalue weighted by Crippen LogP contribution is -2.69. The van der Waals surface area contributed by atoms with Crippen molar-refractivity contribution < 1.29 is 129 Å². The lowest BCUT2D eigenvalue weighted by atomic mass is 9.33. The second-order valence-corrected chi connectivity index (χ2v) is 28.2. The normalized spacial score (nSPS) is 55.8. The molecule has 15 N–H and O–H groups in total. The molecule has 4 saturated carbocycles. The fourth-order valence-corrected chi connectivity index (χ4v) is 17.5. The van der Waals surface area contributed by atoms with Crippen LogP contribution in [0.4, 0.5) is 0 Å². The predicted octanol–water partition coefficient (Wildman–Crippen LogP) is -2.93. The average molecular weight is 1210 g/mol. The summed E-state index contributed by atoms with van der Waals surface area (Å²) >= 11 is 0. The fraction of sp³-hybridized carbons (Fsp3) is 0.948. The van der Waals surface area contributed by atoms with Crippen LogP contribution in [-0.2, 0) is 52.2 Å². The Kier molecular flexibility index (Phi) is 18.5. The molecule has 9 fully saturated rings. The van der Waals surface area contributed by atoms with E-state index in [0.29, 0.717) is 44.9 Å².